The van der Waals surface area contributed by atoms with Gasteiger partial charge in [-0.15, -0.1) is 23.1 Å². The monoisotopic (exact) mass is 359 g/mol. The van der Waals surface area contributed by atoms with E-state index >= 15 is 0 Å². The molecule has 0 saturated heterocycles. The highest BCUT2D eigenvalue weighted by Gasteiger charge is 2.09. The van der Waals surface area contributed by atoms with Crippen molar-refractivity contribution in [1.29, 1.82) is 0 Å². The molecule has 2 heterocycles. The van der Waals surface area contributed by atoms with Gasteiger partial charge in [0.15, 0.2) is 0 Å². The number of aliphatic hydroxyl groups is 1. The van der Waals surface area contributed by atoms with E-state index in [2.05, 4.69) is 38.1 Å². The Morgan fingerprint density at radius 1 is 1.21 bits per heavy atom. The van der Waals surface area contributed by atoms with Crippen LogP contribution in [0.25, 0.3) is 10.9 Å². The van der Waals surface area contributed by atoms with Crippen LogP contribution in [0.1, 0.15) is 16.0 Å². The lowest BCUT2D eigenvalue weighted by atomic mass is 10.1. The van der Waals surface area contributed by atoms with Crippen molar-refractivity contribution in [1.82, 2.24) is 4.98 Å². The van der Waals surface area contributed by atoms with Gasteiger partial charge in [-0.1, -0.05) is 24.3 Å². The Labute approximate surface area is 150 Å². The van der Waals surface area contributed by atoms with Crippen molar-refractivity contribution in [2.45, 2.75) is 31.6 Å². The number of ether oxygens (including phenoxy) is 1. The maximum atomic E-state index is 10.1. The van der Waals surface area contributed by atoms with E-state index in [-0.39, 0.29) is 0 Å². The minimum absolute atomic E-state index is 0.344. The van der Waals surface area contributed by atoms with E-state index in [9.17, 15) is 5.11 Å². The Balaban J connectivity index is 1.56. The number of pyridine rings is 1. The molecule has 0 aliphatic carbocycles. The van der Waals surface area contributed by atoms with Gasteiger partial charge < -0.3 is 9.84 Å². The summed E-state index contributed by atoms with van der Waals surface area (Å²) in [5, 5.41) is 14.3. The molecule has 24 heavy (non-hydrogen) atoms. The predicted octanol–water partition coefficient (Wildman–Crippen LogP) is 4.58. The van der Waals surface area contributed by atoms with Gasteiger partial charge in [0.25, 0.3) is 0 Å². The van der Waals surface area contributed by atoms with Crippen LogP contribution >= 0.6 is 23.1 Å². The molecule has 0 bridgehead atoms. The summed E-state index contributed by atoms with van der Waals surface area (Å²) in [5.41, 5.74) is 3.44. The summed E-state index contributed by atoms with van der Waals surface area (Å²) in [5.74, 6) is 0.578. The number of aromatic nitrogens is 1. The average Bonchev–Trinajstić information content (AvgIpc) is 3.07. The highest BCUT2D eigenvalue weighted by atomic mass is 32.2. The number of nitrogens with zero attached hydrogens (tertiary/aromatic N) is 1. The van der Waals surface area contributed by atoms with Crippen LogP contribution in [-0.2, 0) is 11.3 Å². The minimum Gasteiger partial charge on any atom is -0.390 e. The molecule has 3 nitrogen and oxygen atoms in total. The molecule has 126 valence electrons. The highest BCUT2D eigenvalue weighted by Crippen LogP contribution is 2.26. The summed E-state index contributed by atoms with van der Waals surface area (Å²) in [4.78, 5) is 5.92. The van der Waals surface area contributed by atoms with Crippen LogP contribution in [-0.4, -0.2) is 28.6 Å². The van der Waals surface area contributed by atoms with Crippen LogP contribution in [0.3, 0.4) is 0 Å². The third kappa shape index (κ3) is 4.36. The fourth-order valence-electron chi connectivity index (χ4n) is 2.52. The summed E-state index contributed by atoms with van der Waals surface area (Å²) in [6.07, 6.45) is -0.496. The van der Waals surface area contributed by atoms with E-state index in [1.54, 1.807) is 23.1 Å². The molecule has 0 fully saturated rings. The lowest BCUT2D eigenvalue weighted by Gasteiger charge is -2.12. The van der Waals surface area contributed by atoms with Crippen molar-refractivity contribution in [3.8, 4) is 0 Å². The van der Waals surface area contributed by atoms with Crippen molar-refractivity contribution in [3.63, 3.8) is 0 Å². The van der Waals surface area contributed by atoms with Crippen LogP contribution < -0.4 is 0 Å². The van der Waals surface area contributed by atoms with Crippen LogP contribution in [0.5, 0.6) is 0 Å². The Hall–Kier alpha value is -1.40. The second-order valence-electron chi connectivity index (χ2n) is 5.81. The Morgan fingerprint density at radius 3 is 2.88 bits per heavy atom. The SMILES string of the molecule is Cc1cc(SC[C@H](O)COCc2cccs2)nc2c(C)cccc12. The average molecular weight is 360 g/mol. The van der Waals surface area contributed by atoms with E-state index in [0.29, 0.717) is 19.0 Å². The van der Waals surface area contributed by atoms with Crippen molar-refractivity contribution in [3.05, 3.63) is 57.8 Å². The molecule has 0 radical (unpaired) electrons. The second-order valence-corrected chi connectivity index (χ2v) is 7.88. The Kier molecular flexibility index (Phi) is 5.89. The number of hydrogen-bond acceptors (Lipinski definition) is 5. The molecule has 2 aromatic heterocycles. The summed E-state index contributed by atoms with van der Waals surface area (Å²) < 4.78 is 5.57. The molecule has 1 atom stereocenters. The first kappa shape index (κ1) is 17.4. The van der Waals surface area contributed by atoms with Crippen molar-refractivity contribution in [2.75, 3.05) is 12.4 Å². The largest absolute Gasteiger partial charge is 0.390 e. The third-order valence-electron chi connectivity index (χ3n) is 3.78. The number of hydrogen-bond donors (Lipinski definition) is 1. The first-order valence-electron chi connectivity index (χ1n) is 7.91. The van der Waals surface area contributed by atoms with E-state index in [1.165, 1.54) is 21.4 Å². The Morgan fingerprint density at radius 2 is 2.08 bits per heavy atom. The van der Waals surface area contributed by atoms with Crippen molar-refractivity contribution in [2.24, 2.45) is 0 Å². The number of thioether (sulfide) groups is 1. The zero-order valence-electron chi connectivity index (χ0n) is 13.9. The molecule has 0 amide bonds. The normalized spacial score (nSPS) is 12.6. The zero-order valence-corrected chi connectivity index (χ0v) is 15.5. The summed E-state index contributed by atoms with van der Waals surface area (Å²) in [6.45, 7) is 5.09. The van der Waals surface area contributed by atoms with E-state index in [4.69, 9.17) is 9.72 Å². The molecule has 3 aromatic rings. The lowest BCUT2D eigenvalue weighted by molar-refractivity contribution is 0.0409. The number of aryl methyl sites for hydroxylation is 2. The smallest absolute Gasteiger partial charge is 0.0971 e. The first-order chi connectivity index (χ1) is 11.6. The number of rotatable bonds is 7. The van der Waals surface area contributed by atoms with Crippen LogP contribution in [0, 0.1) is 13.8 Å². The summed E-state index contributed by atoms with van der Waals surface area (Å²) in [6, 6.07) is 12.4. The van der Waals surface area contributed by atoms with E-state index in [1.807, 2.05) is 17.5 Å². The topological polar surface area (TPSA) is 42.4 Å². The van der Waals surface area contributed by atoms with Gasteiger partial charge in [0, 0.05) is 16.0 Å². The van der Waals surface area contributed by atoms with Gasteiger partial charge in [0.2, 0.25) is 0 Å². The van der Waals surface area contributed by atoms with Crippen LogP contribution in [0.15, 0.2) is 46.8 Å². The fourth-order valence-corrected chi connectivity index (χ4v) is 4.04. The number of benzene rings is 1. The number of thiophene rings is 1. The quantitative estimate of drug-likeness (QED) is 0.627. The molecular formula is C19H21NO2S2. The highest BCUT2D eigenvalue weighted by molar-refractivity contribution is 7.99. The summed E-state index contributed by atoms with van der Waals surface area (Å²) in [7, 11) is 0. The molecule has 1 N–H and O–H groups in total. The standard InChI is InChI=1S/C19H21NO2S2/c1-13-5-3-7-17-14(2)9-18(20-19(13)17)24-12-15(21)10-22-11-16-6-4-8-23-16/h3-9,15,21H,10-12H2,1-2H3/t15-/m1/s1. The van der Waals surface area contributed by atoms with Crippen molar-refractivity contribution >= 4 is 34.0 Å². The van der Waals surface area contributed by atoms with Gasteiger partial charge in [-0.3, -0.25) is 0 Å². The Bertz CT molecular complexity index is 802. The lowest BCUT2D eigenvalue weighted by Crippen LogP contribution is -2.17. The molecule has 0 aliphatic rings. The van der Waals surface area contributed by atoms with Crippen LogP contribution in [0.2, 0.25) is 0 Å². The van der Waals surface area contributed by atoms with Gasteiger partial charge in [-0.25, -0.2) is 4.98 Å². The van der Waals surface area contributed by atoms with E-state index in [0.717, 1.165) is 10.5 Å². The van der Waals surface area contributed by atoms with Gasteiger partial charge in [0.05, 0.1) is 29.9 Å². The molecule has 0 aliphatic heterocycles. The number of para-hydroxylation sites is 1. The fraction of sp³-hybridized carbons (Fsp3) is 0.316. The van der Waals surface area contributed by atoms with Gasteiger partial charge in [-0.2, -0.15) is 0 Å². The first-order valence-corrected chi connectivity index (χ1v) is 9.78. The maximum Gasteiger partial charge on any atom is 0.0971 e. The number of fused-ring (bicyclic) bond motifs is 1. The molecule has 1 aromatic carbocycles. The predicted molar refractivity (Wildman–Crippen MR) is 102 cm³/mol. The molecule has 0 saturated carbocycles. The van der Waals surface area contributed by atoms with E-state index < -0.39 is 6.10 Å². The zero-order chi connectivity index (χ0) is 16.9. The van der Waals surface area contributed by atoms with Crippen molar-refractivity contribution < 1.29 is 9.84 Å². The minimum atomic E-state index is -0.496. The van der Waals surface area contributed by atoms with Gasteiger partial charge >= 0.3 is 0 Å². The second kappa shape index (κ2) is 8.12. The maximum absolute atomic E-state index is 10.1. The molecular weight excluding hydrogens is 338 g/mol. The number of aliphatic hydroxyl groups excluding tert-OH is 1. The van der Waals surface area contributed by atoms with Gasteiger partial charge in [-0.05, 0) is 42.5 Å². The third-order valence-corrected chi connectivity index (χ3v) is 5.69. The molecule has 0 spiro atoms. The molecule has 3 rings (SSSR count). The molecule has 0 unspecified atom stereocenters. The molecule has 5 heteroatoms. The van der Waals surface area contributed by atoms with Gasteiger partial charge in [0.1, 0.15) is 0 Å². The van der Waals surface area contributed by atoms with Crippen LogP contribution in [0.4, 0.5) is 0 Å². The summed E-state index contributed by atoms with van der Waals surface area (Å²) >= 11 is 3.24.